The minimum atomic E-state index is -0.540. The molecule has 0 saturated heterocycles. The van der Waals surface area contributed by atoms with Crippen molar-refractivity contribution in [1.29, 1.82) is 0 Å². The van der Waals surface area contributed by atoms with Crippen LogP contribution in [0, 0.1) is 0 Å². The SMILES string of the molecule is CC(C)(NC(=O)c1ccc(=O)[nH]c1)c1nccs1. The van der Waals surface area contributed by atoms with Gasteiger partial charge in [0, 0.05) is 23.8 Å². The van der Waals surface area contributed by atoms with E-state index in [1.54, 1.807) is 6.20 Å². The van der Waals surface area contributed by atoms with E-state index in [1.807, 2.05) is 19.2 Å². The number of carbonyl (C=O) groups is 1. The lowest BCUT2D eigenvalue weighted by atomic mass is 10.1. The van der Waals surface area contributed by atoms with E-state index in [2.05, 4.69) is 15.3 Å². The van der Waals surface area contributed by atoms with Crippen molar-refractivity contribution in [3.05, 3.63) is 50.8 Å². The van der Waals surface area contributed by atoms with Crippen LogP contribution in [-0.2, 0) is 5.54 Å². The molecule has 0 unspecified atom stereocenters. The molecule has 1 amide bonds. The van der Waals surface area contributed by atoms with Crippen molar-refractivity contribution >= 4 is 17.2 Å². The molecule has 2 heterocycles. The predicted molar refractivity (Wildman–Crippen MR) is 69.7 cm³/mol. The first-order chi connectivity index (χ1) is 8.49. The normalized spacial score (nSPS) is 11.2. The average Bonchev–Trinajstić information content (AvgIpc) is 2.83. The molecule has 0 bridgehead atoms. The molecule has 0 atom stereocenters. The summed E-state index contributed by atoms with van der Waals surface area (Å²) in [5.74, 6) is -0.244. The Hall–Kier alpha value is -1.95. The van der Waals surface area contributed by atoms with E-state index in [4.69, 9.17) is 0 Å². The van der Waals surface area contributed by atoms with E-state index < -0.39 is 5.54 Å². The number of H-pyrrole nitrogens is 1. The van der Waals surface area contributed by atoms with Crippen LogP contribution >= 0.6 is 11.3 Å². The molecular weight excluding hydrogens is 250 g/mol. The van der Waals surface area contributed by atoms with Gasteiger partial charge in [0.15, 0.2) is 0 Å². The first-order valence-corrected chi connectivity index (χ1v) is 6.28. The standard InChI is InChI=1S/C12H13N3O2S/c1-12(2,11-13-5-6-18-11)15-10(17)8-3-4-9(16)14-7-8/h3-7H,1-2H3,(H,14,16)(H,15,17). The van der Waals surface area contributed by atoms with Gasteiger partial charge in [-0.15, -0.1) is 11.3 Å². The van der Waals surface area contributed by atoms with Crippen molar-refractivity contribution in [2.24, 2.45) is 0 Å². The van der Waals surface area contributed by atoms with Crippen LogP contribution in [0.1, 0.15) is 29.2 Å². The van der Waals surface area contributed by atoms with Gasteiger partial charge in [0.1, 0.15) is 5.01 Å². The Morgan fingerprint density at radius 3 is 2.78 bits per heavy atom. The Bertz CT molecular complexity index is 582. The second-order valence-corrected chi connectivity index (χ2v) is 5.25. The van der Waals surface area contributed by atoms with Crippen molar-refractivity contribution in [3.63, 3.8) is 0 Å². The molecule has 6 heteroatoms. The Balaban J connectivity index is 2.17. The molecule has 0 aliphatic heterocycles. The smallest absolute Gasteiger partial charge is 0.253 e. The molecule has 18 heavy (non-hydrogen) atoms. The van der Waals surface area contributed by atoms with Crippen LogP contribution in [0.25, 0.3) is 0 Å². The van der Waals surface area contributed by atoms with Crippen molar-refractivity contribution in [3.8, 4) is 0 Å². The summed E-state index contributed by atoms with van der Waals surface area (Å²) in [7, 11) is 0. The Morgan fingerprint density at radius 2 is 2.22 bits per heavy atom. The van der Waals surface area contributed by atoms with Crippen molar-refractivity contribution in [1.82, 2.24) is 15.3 Å². The lowest BCUT2D eigenvalue weighted by Crippen LogP contribution is -2.41. The summed E-state index contributed by atoms with van der Waals surface area (Å²) in [5, 5.41) is 5.58. The monoisotopic (exact) mass is 263 g/mol. The molecule has 0 radical (unpaired) electrons. The van der Waals surface area contributed by atoms with E-state index in [-0.39, 0.29) is 11.5 Å². The maximum atomic E-state index is 12.0. The first-order valence-electron chi connectivity index (χ1n) is 5.40. The van der Waals surface area contributed by atoms with Crippen LogP contribution in [0.15, 0.2) is 34.7 Å². The number of aromatic amines is 1. The van der Waals surface area contributed by atoms with E-state index in [0.29, 0.717) is 5.56 Å². The van der Waals surface area contributed by atoms with Crippen LogP contribution in [0.2, 0.25) is 0 Å². The summed E-state index contributed by atoms with van der Waals surface area (Å²) < 4.78 is 0. The molecule has 0 fully saturated rings. The lowest BCUT2D eigenvalue weighted by molar-refractivity contribution is 0.0911. The molecule has 0 aliphatic carbocycles. The van der Waals surface area contributed by atoms with Gasteiger partial charge in [0.05, 0.1) is 11.1 Å². The molecule has 5 nitrogen and oxygen atoms in total. The van der Waals surface area contributed by atoms with E-state index >= 15 is 0 Å². The van der Waals surface area contributed by atoms with Gasteiger partial charge in [-0.2, -0.15) is 0 Å². The molecule has 0 spiro atoms. The molecule has 94 valence electrons. The van der Waals surface area contributed by atoms with Gasteiger partial charge in [-0.25, -0.2) is 4.98 Å². The highest BCUT2D eigenvalue weighted by molar-refractivity contribution is 7.09. The number of pyridine rings is 1. The Labute approximate surface area is 108 Å². The molecule has 0 aromatic carbocycles. The molecule has 2 aromatic rings. The summed E-state index contributed by atoms with van der Waals surface area (Å²) in [6.07, 6.45) is 3.10. The summed E-state index contributed by atoms with van der Waals surface area (Å²) in [5.41, 5.74) is -0.355. The van der Waals surface area contributed by atoms with Gasteiger partial charge < -0.3 is 10.3 Å². The number of nitrogens with zero attached hydrogens (tertiary/aromatic N) is 1. The number of carbonyl (C=O) groups excluding carboxylic acids is 1. The average molecular weight is 263 g/mol. The predicted octanol–water partition coefficient (Wildman–Crippen LogP) is 1.50. The van der Waals surface area contributed by atoms with Crippen molar-refractivity contribution in [2.75, 3.05) is 0 Å². The molecule has 2 rings (SSSR count). The number of rotatable bonds is 3. The number of nitrogens with one attached hydrogen (secondary N) is 2. The van der Waals surface area contributed by atoms with Crippen LogP contribution < -0.4 is 10.9 Å². The summed E-state index contributed by atoms with van der Waals surface area (Å²) >= 11 is 1.49. The highest BCUT2D eigenvalue weighted by Crippen LogP contribution is 2.22. The lowest BCUT2D eigenvalue weighted by Gasteiger charge is -2.23. The molecule has 2 N–H and O–H groups in total. The van der Waals surface area contributed by atoms with E-state index in [1.165, 1.54) is 29.7 Å². The van der Waals surface area contributed by atoms with Gasteiger partial charge in [-0.05, 0) is 19.9 Å². The minimum Gasteiger partial charge on any atom is -0.341 e. The number of aromatic nitrogens is 2. The number of hydrogen-bond acceptors (Lipinski definition) is 4. The van der Waals surface area contributed by atoms with Gasteiger partial charge >= 0.3 is 0 Å². The Kier molecular flexibility index (Phi) is 3.29. The first kappa shape index (κ1) is 12.5. The largest absolute Gasteiger partial charge is 0.341 e. The zero-order chi connectivity index (χ0) is 13.2. The van der Waals surface area contributed by atoms with Crippen molar-refractivity contribution < 1.29 is 4.79 Å². The molecule has 0 aliphatic rings. The van der Waals surface area contributed by atoms with Gasteiger partial charge in [0.2, 0.25) is 5.56 Å². The number of hydrogen-bond donors (Lipinski definition) is 2. The van der Waals surface area contributed by atoms with Gasteiger partial charge in [-0.1, -0.05) is 0 Å². The summed E-state index contributed by atoms with van der Waals surface area (Å²) in [6, 6.07) is 2.82. The topological polar surface area (TPSA) is 74.8 Å². The van der Waals surface area contributed by atoms with Gasteiger partial charge in [0.25, 0.3) is 5.91 Å². The summed E-state index contributed by atoms with van der Waals surface area (Å²) in [4.78, 5) is 29.6. The van der Waals surface area contributed by atoms with Gasteiger partial charge in [-0.3, -0.25) is 9.59 Å². The maximum absolute atomic E-state index is 12.0. The quantitative estimate of drug-likeness (QED) is 0.881. The Morgan fingerprint density at radius 1 is 1.44 bits per heavy atom. The fourth-order valence-electron chi connectivity index (χ4n) is 1.49. The fourth-order valence-corrected chi connectivity index (χ4v) is 2.21. The zero-order valence-corrected chi connectivity index (χ0v) is 10.9. The molecule has 0 saturated carbocycles. The summed E-state index contributed by atoms with van der Waals surface area (Å²) in [6.45, 7) is 3.77. The minimum absolute atomic E-state index is 0.231. The van der Waals surface area contributed by atoms with Crippen LogP contribution in [0.3, 0.4) is 0 Å². The third-order valence-electron chi connectivity index (χ3n) is 2.44. The zero-order valence-electron chi connectivity index (χ0n) is 10.1. The number of thiazole rings is 1. The molecular formula is C12H13N3O2S. The van der Waals surface area contributed by atoms with E-state index in [9.17, 15) is 9.59 Å². The molecule has 2 aromatic heterocycles. The fraction of sp³-hybridized carbons (Fsp3) is 0.250. The van der Waals surface area contributed by atoms with E-state index in [0.717, 1.165) is 5.01 Å². The van der Waals surface area contributed by atoms with Crippen LogP contribution in [-0.4, -0.2) is 15.9 Å². The third kappa shape index (κ3) is 2.65. The second-order valence-electron chi connectivity index (χ2n) is 4.36. The van der Waals surface area contributed by atoms with Crippen molar-refractivity contribution in [2.45, 2.75) is 19.4 Å². The number of amides is 1. The maximum Gasteiger partial charge on any atom is 0.253 e. The van der Waals surface area contributed by atoms with Crippen LogP contribution in [0.5, 0.6) is 0 Å². The highest BCUT2D eigenvalue weighted by atomic mass is 32.1. The van der Waals surface area contributed by atoms with Crippen LogP contribution in [0.4, 0.5) is 0 Å². The second kappa shape index (κ2) is 4.73. The highest BCUT2D eigenvalue weighted by Gasteiger charge is 2.25. The third-order valence-corrected chi connectivity index (χ3v) is 3.54.